The second-order valence-corrected chi connectivity index (χ2v) is 7.29. The van der Waals surface area contributed by atoms with Crippen molar-refractivity contribution < 1.29 is 14.1 Å². The summed E-state index contributed by atoms with van der Waals surface area (Å²) in [5.74, 6) is -0.520. The second-order valence-electron chi connectivity index (χ2n) is 6.41. The number of carbonyl (C=O) groups excluding carboxylic acids is 1. The minimum atomic E-state index is -0.458. The number of nitro groups is 1. The molecule has 3 aromatic carbocycles. The molecule has 3 aromatic rings. The van der Waals surface area contributed by atoms with Crippen LogP contribution >= 0.6 is 11.8 Å². The van der Waals surface area contributed by atoms with Crippen molar-refractivity contribution in [3.8, 4) is 0 Å². The quantitative estimate of drug-likeness (QED) is 0.217. The van der Waals surface area contributed by atoms with Crippen LogP contribution in [0.25, 0.3) is 0 Å². The molecule has 5 nitrogen and oxygen atoms in total. The van der Waals surface area contributed by atoms with Crippen LogP contribution < -0.4 is 5.32 Å². The number of hydrogen-bond donors (Lipinski definition) is 1. The maximum atomic E-state index is 13.2. The molecule has 148 valence electrons. The molecular formula is C22H19FN2O3S. The van der Waals surface area contributed by atoms with Crippen molar-refractivity contribution in [3.63, 3.8) is 0 Å². The lowest BCUT2D eigenvalue weighted by molar-refractivity contribution is -0.384. The molecule has 0 radical (unpaired) electrons. The summed E-state index contributed by atoms with van der Waals surface area (Å²) in [5, 5.41) is 14.1. The average Bonchev–Trinajstić information content (AvgIpc) is 2.74. The van der Waals surface area contributed by atoms with Crippen LogP contribution in [0.1, 0.15) is 28.4 Å². The van der Waals surface area contributed by atoms with Gasteiger partial charge in [0.1, 0.15) is 5.82 Å². The Morgan fingerprint density at radius 1 is 1.03 bits per heavy atom. The van der Waals surface area contributed by atoms with E-state index in [1.54, 1.807) is 23.9 Å². The summed E-state index contributed by atoms with van der Waals surface area (Å²) < 4.78 is 13.2. The predicted molar refractivity (Wildman–Crippen MR) is 113 cm³/mol. The summed E-state index contributed by atoms with van der Waals surface area (Å²) in [5.41, 5.74) is 2.01. The Kier molecular flexibility index (Phi) is 6.61. The van der Waals surface area contributed by atoms with Gasteiger partial charge >= 0.3 is 0 Å². The van der Waals surface area contributed by atoms with Crippen molar-refractivity contribution in [1.82, 2.24) is 0 Å². The summed E-state index contributed by atoms with van der Waals surface area (Å²) in [4.78, 5) is 24.2. The molecule has 0 aromatic heterocycles. The van der Waals surface area contributed by atoms with Crippen molar-refractivity contribution >= 4 is 28.9 Å². The van der Waals surface area contributed by atoms with E-state index in [1.807, 2.05) is 30.5 Å². The van der Waals surface area contributed by atoms with Crippen molar-refractivity contribution in [2.45, 2.75) is 17.4 Å². The van der Waals surface area contributed by atoms with Crippen molar-refractivity contribution in [1.29, 1.82) is 0 Å². The number of carbonyl (C=O) groups is 1. The summed E-state index contributed by atoms with van der Waals surface area (Å²) in [6.07, 6.45) is 2.14. The third-order valence-electron chi connectivity index (χ3n) is 4.49. The van der Waals surface area contributed by atoms with E-state index in [1.165, 1.54) is 36.4 Å². The molecule has 0 unspecified atom stereocenters. The first-order valence-corrected chi connectivity index (χ1v) is 10.1. The van der Waals surface area contributed by atoms with Crippen molar-refractivity contribution in [2.75, 3.05) is 11.6 Å². The first kappa shape index (κ1) is 20.5. The van der Waals surface area contributed by atoms with Crippen molar-refractivity contribution in [2.24, 2.45) is 0 Å². The van der Waals surface area contributed by atoms with Gasteiger partial charge < -0.3 is 5.32 Å². The molecule has 29 heavy (non-hydrogen) atoms. The Balaban J connectivity index is 1.84. The Morgan fingerprint density at radius 3 is 2.21 bits per heavy atom. The molecule has 0 aliphatic carbocycles. The minimum Gasteiger partial charge on any atom is -0.378 e. The van der Waals surface area contributed by atoms with Gasteiger partial charge in [-0.25, -0.2) is 4.39 Å². The number of nitrogens with one attached hydrogen (secondary N) is 1. The molecule has 1 N–H and O–H groups in total. The Labute approximate surface area is 172 Å². The van der Waals surface area contributed by atoms with Crippen LogP contribution in [-0.2, 0) is 0 Å². The first-order chi connectivity index (χ1) is 14.0. The molecule has 0 heterocycles. The monoisotopic (exact) mass is 410 g/mol. The van der Waals surface area contributed by atoms with Crippen LogP contribution in [-0.4, -0.2) is 17.0 Å². The van der Waals surface area contributed by atoms with Gasteiger partial charge in [0.05, 0.1) is 11.0 Å². The number of ketones is 1. The molecule has 7 heteroatoms. The highest BCUT2D eigenvalue weighted by Gasteiger charge is 2.18. The molecule has 0 fully saturated rings. The minimum absolute atomic E-state index is 0.00110. The van der Waals surface area contributed by atoms with E-state index in [0.717, 1.165) is 10.5 Å². The van der Waals surface area contributed by atoms with Gasteiger partial charge in [-0.3, -0.25) is 14.9 Å². The summed E-state index contributed by atoms with van der Waals surface area (Å²) in [6.45, 7) is 0. The third kappa shape index (κ3) is 5.42. The number of Topliss-reactive ketones (excluding diaryl/α,β-unsaturated/α-hetero) is 1. The molecule has 0 aliphatic rings. The van der Waals surface area contributed by atoms with E-state index < -0.39 is 10.7 Å². The lowest BCUT2D eigenvalue weighted by Gasteiger charge is -2.20. The fourth-order valence-corrected chi connectivity index (χ4v) is 3.32. The van der Waals surface area contributed by atoms with E-state index in [2.05, 4.69) is 5.32 Å². The smallest absolute Gasteiger partial charge is 0.269 e. The number of nitro benzene ring substituents is 1. The summed E-state index contributed by atoms with van der Waals surface area (Å²) >= 11 is 1.62. The van der Waals surface area contributed by atoms with Gasteiger partial charge in [0.15, 0.2) is 5.78 Å². The number of anilines is 1. The maximum Gasteiger partial charge on any atom is 0.269 e. The largest absolute Gasteiger partial charge is 0.378 e. The summed E-state index contributed by atoms with van der Waals surface area (Å²) in [6, 6.07) is 19.0. The van der Waals surface area contributed by atoms with E-state index >= 15 is 0 Å². The van der Waals surface area contributed by atoms with Crippen LogP contribution in [0.5, 0.6) is 0 Å². The number of nitrogens with zero attached hydrogens (tertiary/aromatic N) is 1. The van der Waals surface area contributed by atoms with Crippen LogP contribution in [0.15, 0.2) is 77.7 Å². The number of benzene rings is 3. The second kappa shape index (κ2) is 9.34. The number of rotatable bonds is 8. The van der Waals surface area contributed by atoms with Crippen LogP contribution in [0.4, 0.5) is 15.8 Å². The SMILES string of the molecule is CSc1ccc([C@@H](CC(=O)c2ccc(F)cc2)Nc2ccc([N+](=O)[O-])cc2)cc1. The topological polar surface area (TPSA) is 72.2 Å². The predicted octanol–water partition coefficient (Wildman–Crippen LogP) is 5.88. The summed E-state index contributed by atoms with van der Waals surface area (Å²) in [7, 11) is 0. The van der Waals surface area contributed by atoms with E-state index in [0.29, 0.717) is 11.3 Å². The highest BCUT2D eigenvalue weighted by Crippen LogP contribution is 2.27. The molecular weight excluding hydrogens is 391 g/mol. The number of halogens is 1. The first-order valence-electron chi connectivity index (χ1n) is 8.90. The van der Waals surface area contributed by atoms with E-state index in [-0.39, 0.29) is 23.9 Å². The van der Waals surface area contributed by atoms with Gasteiger partial charge in [-0.1, -0.05) is 12.1 Å². The zero-order valence-electron chi connectivity index (χ0n) is 15.7. The molecule has 3 rings (SSSR count). The molecule has 1 atom stereocenters. The van der Waals surface area contributed by atoms with Crippen molar-refractivity contribution in [3.05, 3.63) is 99.9 Å². The number of non-ortho nitro benzene ring substituents is 1. The zero-order chi connectivity index (χ0) is 20.8. The fourth-order valence-electron chi connectivity index (χ4n) is 2.91. The molecule has 0 spiro atoms. The fraction of sp³-hybridized carbons (Fsp3) is 0.136. The lowest BCUT2D eigenvalue weighted by Crippen LogP contribution is -2.16. The van der Waals surface area contributed by atoms with Crippen LogP contribution in [0.3, 0.4) is 0 Å². The van der Waals surface area contributed by atoms with Gasteiger partial charge in [0, 0.05) is 34.7 Å². The molecule has 0 amide bonds. The standard InChI is InChI=1S/C22H19FN2O3S/c1-29-20-12-4-15(5-13-20)21(14-22(26)16-2-6-17(23)7-3-16)24-18-8-10-19(11-9-18)25(27)28/h2-13,21,24H,14H2,1H3/t21-/m1/s1. The molecule has 0 aliphatic heterocycles. The lowest BCUT2D eigenvalue weighted by atomic mass is 9.97. The maximum absolute atomic E-state index is 13.2. The molecule has 0 saturated carbocycles. The average molecular weight is 410 g/mol. The van der Waals surface area contributed by atoms with Gasteiger partial charge in [0.2, 0.25) is 0 Å². The zero-order valence-corrected chi connectivity index (χ0v) is 16.5. The van der Waals surface area contributed by atoms with Gasteiger partial charge in [0.25, 0.3) is 5.69 Å². The Morgan fingerprint density at radius 2 is 1.66 bits per heavy atom. The van der Waals surface area contributed by atoms with Gasteiger partial charge in [-0.15, -0.1) is 11.8 Å². The van der Waals surface area contributed by atoms with Crippen LogP contribution in [0, 0.1) is 15.9 Å². The number of hydrogen-bond acceptors (Lipinski definition) is 5. The highest BCUT2D eigenvalue weighted by molar-refractivity contribution is 7.98. The van der Waals surface area contributed by atoms with Crippen LogP contribution in [0.2, 0.25) is 0 Å². The molecule has 0 bridgehead atoms. The highest BCUT2D eigenvalue weighted by atomic mass is 32.2. The molecule has 0 saturated heterocycles. The van der Waals surface area contributed by atoms with E-state index in [9.17, 15) is 19.3 Å². The Hall–Kier alpha value is -3.19. The van der Waals surface area contributed by atoms with Gasteiger partial charge in [-0.2, -0.15) is 0 Å². The number of thioether (sulfide) groups is 1. The third-order valence-corrected chi connectivity index (χ3v) is 5.24. The normalized spacial score (nSPS) is 11.7. The van der Waals surface area contributed by atoms with Gasteiger partial charge in [-0.05, 0) is 60.4 Å². The Bertz CT molecular complexity index is 990. The van der Waals surface area contributed by atoms with E-state index in [4.69, 9.17) is 0 Å².